The Kier molecular flexibility index (Phi) is 5.38. The van der Waals surface area contributed by atoms with Crippen molar-refractivity contribution >= 4 is 23.7 Å². The van der Waals surface area contributed by atoms with Crippen molar-refractivity contribution in [1.29, 1.82) is 0 Å². The highest BCUT2D eigenvalue weighted by molar-refractivity contribution is 8.00. The van der Waals surface area contributed by atoms with Crippen LogP contribution in [0.4, 0.5) is 4.79 Å². The van der Waals surface area contributed by atoms with Gasteiger partial charge in [-0.15, -0.1) is 0 Å². The number of carbonyl (C=O) groups excluding carboxylic acids is 2. The standard InChI is InChI=1S/C16H22N4O2S/c21-14(18-9-11-5-3-4-8-17-11)7-2-1-6-13-15-12(10-23-13)19-16(22)20-15/h3-5,8,12-13,15H,1-2,6-7,9-10H2,(H,18,21)(H2,19,20,22)/t12-,13+,15+/m0/s1. The molecule has 0 unspecified atom stereocenters. The van der Waals surface area contributed by atoms with E-state index in [4.69, 9.17) is 0 Å². The van der Waals surface area contributed by atoms with Crippen molar-refractivity contribution < 1.29 is 9.59 Å². The van der Waals surface area contributed by atoms with E-state index in [0.717, 1.165) is 30.7 Å². The molecule has 0 radical (unpaired) electrons. The topological polar surface area (TPSA) is 83.1 Å². The van der Waals surface area contributed by atoms with Gasteiger partial charge in [-0.2, -0.15) is 11.8 Å². The lowest BCUT2D eigenvalue weighted by Crippen LogP contribution is -2.36. The number of unbranched alkanes of at least 4 members (excludes halogenated alkanes) is 1. The zero-order valence-corrected chi connectivity index (χ0v) is 13.8. The first-order valence-corrected chi connectivity index (χ1v) is 9.12. The second-order valence-corrected chi connectivity index (χ2v) is 7.24. The summed E-state index contributed by atoms with van der Waals surface area (Å²) in [6.07, 6.45) is 5.20. The molecule has 7 heteroatoms. The van der Waals surface area contributed by atoms with E-state index < -0.39 is 0 Å². The van der Waals surface area contributed by atoms with Crippen LogP contribution in [0.2, 0.25) is 0 Å². The van der Waals surface area contributed by atoms with Gasteiger partial charge in [0.15, 0.2) is 0 Å². The average Bonchev–Trinajstić information content (AvgIpc) is 3.10. The molecule has 0 saturated carbocycles. The predicted molar refractivity (Wildman–Crippen MR) is 90.0 cm³/mol. The average molecular weight is 334 g/mol. The lowest BCUT2D eigenvalue weighted by Gasteiger charge is -2.16. The molecule has 2 aliphatic rings. The number of urea groups is 1. The van der Waals surface area contributed by atoms with Crippen molar-refractivity contribution in [2.24, 2.45) is 0 Å². The van der Waals surface area contributed by atoms with Crippen LogP contribution in [0.25, 0.3) is 0 Å². The monoisotopic (exact) mass is 334 g/mol. The predicted octanol–water partition coefficient (Wildman–Crippen LogP) is 1.42. The molecule has 124 valence electrons. The fraction of sp³-hybridized carbons (Fsp3) is 0.562. The van der Waals surface area contributed by atoms with Crippen LogP contribution in [0, 0.1) is 0 Å². The van der Waals surface area contributed by atoms with Gasteiger partial charge < -0.3 is 16.0 Å². The van der Waals surface area contributed by atoms with E-state index in [-0.39, 0.29) is 24.0 Å². The molecule has 0 aromatic carbocycles. The van der Waals surface area contributed by atoms with E-state index in [1.807, 2.05) is 30.0 Å². The third-order valence-corrected chi connectivity index (χ3v) is 5.78. The quantitative estimate of drug-likeness (QED) is 0.520. The fourth-order valence-electron chi connectivity index (χ4n) is 3.05. The molecule has 3 amide bonds. The van der Waals surface area contributed by atoms with E-state index in [2.05, 4.69) is 20.9 Å². The maximum atomic E-state index is 11.8. The van der Waals surface area contributed by atoms with Gasteiger partial charge in [-0.05, 0) is 25.0 Å². The number of fused-ring (bicyclic) bond motifs is 1. The molecule has 3 rings (SSSR count). The highest BCUT2D eigenvalue weighted by atomic mass is 32.2. The molecule has 0 aliphatic carbocycles. The minimum absolute atomic E-state index is 0.0424. The first-order valence-electron chi connectivity index (χ1n) is 8.07. The highest BCUT2D eigenvalue weighted by Gasteiger charge is 2.42. The Morgan fingerprint density at radius 1 is 1.35 bits per heavy atom. The van der Waals surface area contributed by atoms with Crippen LogP contribution in [0.1, 0.15) is 31.4 Å². The first kappa shape index (κ1) is 16.1. The van der Waals surface area contributed by atoms with Crippen molar-refractivity contribution in [3.05, 3.63) is 30.1 Å². The minimum Gasteiger partial charge on any atom is -0.350 e. The van der Waals surface area contributed by atoms with Crippen molar-refractivity contribution in [3.8, 4) is 0 Å². The maximum absolute atomic E-state index is 11.8. The molecule has 1 aromatic rings. The minimum atomic E-state index is -0.0424. The molecule has 3 N–H and O–H groups in total. The third kappa shape index (κ3) is 4.37. The highest BCUT2D eigenvalue weighted by Crippen LogP contribution is 2.33. The fourth-order valence-corrected chi connectivity index (χ4v) is 4.60. The normalized spacial score (nSPS) is 25.6. The summed E-state index contributed by atoms with van der Waals surface area (Å²) in [6.45, 7) is 0.486. The second-order valence-electron chi connectivity index (χ2n) is 5.97. The van der Waals surface area contributed by atoms with Gasteiger partial charge in [0.1, 0.15) is 0 Å². The number of hydrogen-bond donors (Lipinski definition) is 3. The Bertz CT molecular complexity index is 554. The van der Waals surface area contributed by atoms with Gasteiger partial charge in [0.25, 0.3) is 0 Å². The van der Waals surface area contributed by atoms with Crippen LogP contribution in [-0.2, 0) is 11.3 Å². The van der Waals surface area contributed by atoms with E-state index in [1.54, 1.807) is 6.20 Å². The summed E-state index contributed by atoms with van der Waals surface area (Å²) >= 11 is 1.92. The number of nitrogens with one attached hydrogen (secondary N) is 3. The van der Waals surface area contributed by atoms with Crippen molar-refractivity contribution in [3.63, 3.8) is 0 Å². The Morgan fingerprint density at radius 2 is 2.26 bits per heavy atom. The van der Waals surface area contributed by atoms with Gasteiger partial charge >= 0.3 is 6.03 Å². The van der Waals surface area contributed by atoms with Gasteiger partial charge in [0, 0.05) is 23.6 Å². The number of pyridine rings is 1. The lowest BCUT2D eigenvalue weighted by atomic mass is 10.0. The molecule has 3 heterocycles. The zero-order chi connectivity index (χ0) is 16.1. The van der Waals surface area contributed by atoms with Crippen LogP contribution < -0.4 is 16.0 Å². The van der Waals surface area contributed by atoms with Crippen LogP contribution in [0.3, 0.4) is 0 Å². The van der Waals surface area contributed by atoms with Crippen LogP contribution in [0.5, 0.6) is 0 Å². The van der Waals surface area contributed by atoms with Gasteiger partial charge in [0.2, 0.25) is 5.91 Å². The Labute approximate surface area is 140 Å². The summed E-state index contributed by atoms with van der Waals surface area (Å²) in [4.78, 5) is 27.3. The molecule has 2 saturated heterocycles. The molecule has 1 aromatic heterocycles. The van der Waals surface area contributed by atoms with Gasteiger partial charge in [-0.3, -0.25) is 9.78 Å². The summed E-state index contributed by atoms with van der Waals surface area (Å²) < 4.78 is 0. The summed E-state index contributed by atoms with van der Waals surface area (Å²) in [5, 5.41) is 9.31. The molecular formula is C16H22N4O2S. The van der Waals surface area contributed by atoms with Crippen molar-refractivity contribution in [1.82, 2.24) is 20.9 Å². The second kappa shape index (κ2) is 7.68. The summed E-state index contributed by atoms with van der Waals surface area (Å²) in [5.74, 6) is 1.06. The van der Waals surface area contributed by atoms with E-state index in [1.165, 1.54) is 0 Å². The Balaban J connectivity index is 1.29. The molecule has 0 bridgehead atoms. The summed E-state index contributed by atoms with van der Waals surface area (Å²) in [6, 6.07) is 6.17. The number of thioether (sulfide) groups is 1. The van der Waals surface area contributed by atoms with E-state index in [0.29, 0.717) is 18.2 Å². The van der Waals surface area contributed by atoms with Gasteiger partial charge in [-0.25, -0.2) is 4.79 Å². The largest absolute Gasteiger partial charge is 0.350 e. The molecule has 0 spiro atoms. The number of nitrogens with zero attached hydrogens (tertiary/aromatic N) is 1. The van der Waals surface area contributed by atoms with Crippen LogP contribution in [0.15, 0.2) is 24.4 Å². The number of carbonyl (C=O) groups is 2. The summed E-state index contributed by atoms with van der Waals surface area (Å²) in [5.41, 5.74) is 0.874. The van der Waals surface area contributed by atoms with Crippen molar-refractivity contribution in [2.45, 2.75) is 49.6 Å². The molecular weight excluding hydrogens is 312 g/mol. The maximum Gasteiger partial charge on any atom is 0.315 e. The molecule has 2 fully saturated rings. The number of aromatic nitrogens is 1. The zero-order valence-electron chi connectivity index (χ0n) is 13.0. The first-order chi connectivity index (χ1) is 11.2. The number of amides is 3. The molecule has 23 heavy (non-hydrogen) atoms. The van der Waals surface area contributed by atoms with Crippen LogP contribution >= 0.6 is 11.8 Å². The third-order valence-electron chi connectivity index (χ3n) is 4.27. The Hall–Kier alpha value is -1.76. The number of hydrogen-bond acceptors (Lipinski definition) is 4. The lowest BCUT2D eigenvalue weighted by molar-refractivity contribution is -0.121. The van der Waals surface area contributed by atoms with Crippen molar-refractivity contribution in [2.75, 3.05) is 5.75 Å². The SMILES string of the molecule is O=C(CCCC[C@H]1SC[C@@H]2NC(=O)N[C@H]21)NCc1ccccn1. The molecule has 6 nitrogen and oxygen atoms in total. The molecule has 3 atom stereocenters. The Morgan fingerprint density at radius 3 is 3.09 bits per heavy atom. The van der Waals surface area contributed by atoms with Gasteiger partial charge in [0.05, 0.1) is 24.3 Å². The summed E-state index contributed by atoms with van der Waals surface area (Å²) in [7, 11) is 0. The van der Waals surface area contributed by atoms with E-state index >= 15 is 0 Å². The molecule has 2 aliphatic heterocycles. The van der Waals surface area contributed by atoms with E-state index in [9.17, 15) is 9.59 Å². The smallest absolute Gasteiger partial charge is 0.315 e. The van der Waals surface area contributed by atoms with Crippen LogP contribution in [-0.4, -0.2) is 40.0 Å². The number of rotatable bonds is 7. The van der Waals surface area contributed by atoms with Gasteiger partial charge in [-0.1, -0.05) is 12.5 Å².